The van der Waals surface area contributed by atoms with Gasteiger partial charge in [0.05, 0.1) is 12.2 Å². The standard InChI is InChI=1S/C14H15N3S/c1-10-3-4-11(2)13(7-10)15-8-12-9-17-5-6-18-14(17)16-12/h3-7,9,15H,8H2,1-2H3. The van der Waals surface area contributed by atoms with Crippen LogP contribution in [0.15, 0.2) is 36.0 Å². The number of anilines is 1. The van der Waals surface area contributed by atoms with E-state index in [2.05, 4.69) is 52.9 Å². The van der Waals surface area contributed by atoms with Crippen molar-refractivity contribution in [3.63, 3.8) is 0 Å². The second-order valence-corrected chi connectivity index (χ2v) is 5.37. The van der Waals surface area contributed by atoms with E-state index in [1.54, 1.807) is 11.3 Å². The average molecular weight is 257 g/mol. The zero-order valence-electron chi connectivity index (χ0n) is 10.5. The van der Waals surface area contributed by atoms with E-state index in [1.807, 2.05) is 11.6 Å². The first kappa shape index (κ1) is 11.3. The molecule has 3 aromatic rings. The van der Waals surface area contributed by atoms with E-state index in [4.69, 9.17) is 0 Å². The molecule has 0 aliphatic heterocycles. The number of nitrogens with one attached hydrogen (secondary N) is 1. The van der Waals surface area contributed by atoms with Gasteiger partial charge >= 0.3 is 0 Å². The highest BCUT2D eigenvalue weighted by Crippen LogP contribution is 2.18. The van der Waals surface area contributed by atoms with Crippen molar-refractivity contribution in [1.29, 1.82) is 0 Å². The quantitative estimate of drug-likeness (QED) is 0.776. The number of aryl methyl sites for hydroxylation is 2. The summed E-state index contributed by atoms with van der Waals surface area (Å²) in [5, 5.41) is 5.50. The lowest BCUT2D eigenvalue weighted by molar-refractivity contribution is 1.07. The Balaban J connectivity index is 1.77. The average Bonchev–Trinajstić information content (AvgIpc) is 2.90. The van der Waals surface area contributed by atoms with E-state index in [1.165, 1.54) is 16.8 Å². The molecule has 3 nitrogen and oxygen atoms in total. The minimum absolute atomic E-state index is 0.763. The second-order valence-electron chi connectivity index (χ2n) is 4.50. The maximum Gasteiger partial charge on any atom is 0.193 e. The van der Waals surface area contributed by atoms with Crippen LogP contribution in [0, 0.1) is 13.8 Å². The topological polar surface area (TPSA) is 29.3 Å². The van der Waals surface area contributed by atoms with Gasteiger partial charge in [-0.15, -0.1) is 11.3 Å². The summed E-state index contributed by atoms with van der Waals surface area (Å²) in [6, 6.07) is 6.45. The number of hydrogen-bond donors (Lipinski definition) is 1. The van der Waals surface area contributed by atoms with Crippen molar-refractivity contribution in [2.24, 2.45) is 0 Å². The maximum absolute atomic E-state index is 4.56. The van der Waals surface area contributed by atoms with Gasteiger partial charge in [-0.25, -0.2) is 4.98 Å². The monoisotopic (exact) mass is 257 g/mol. The molecule has 1 aromatic carbocycles. The predicted molar refractivity (Wildman–Crippen MR) is 76.3 cm³/mol. The zero-order valence-corrected chi connectivity index (χ0v) is 11.3. The minimum atomic E-state index is 0.763. The molecule has 18 heavy (non-hydrogen) atoms. The molecular formula is C14H15N3S. The maximum atomic E-state index is 4.56. The van der Waals surface area contributed by atoms with Crippen LogP contribution in [0.4, 0.5) is 5.69 Å². The smallest absolute Gasteiger partial charge is 0.193 e. The molecule has 0 spiro atoms. The third-order valence-electron chi connectivity index (χ3n) is 3.00. The molecule has 0 unspecified atom stereocenters. The number of thiazole rings is 1. The molecule has 3 rings (SSSR count). The summed E-state index contributed by atoms with van der Waals surface area (Å²) in [7, 11) is 0. The fraction of sp³-hybridized carbons (Fsp3) is 0.214. The van der Waals surface area contributed by atoms with Gasteiger partial charge in [0.2, 0.25) is 0 Å². The highest BCUT2D eigenvalue weighted by Gasteiger charge is 2.03. The molecule has 0 amide bonds. The molecule has 0 fully saturated rings. The second kappa shape index (κ2) is 4.46. The van der Waals surface area contributed by atoms with Crippen molar-refractivity contribution in [2.45, 2.75) is 20.4 Å². The van der Waals surface area contributed by atoms with E-state index in [0.29, 0.717) is 0 Å². The van der Waals surface area contributed by atoms with Crippen LogP contribution in [0.1, 0.15) is 16.8 Å². The lowest BCUT2D eigenvalue weighted by atomic mass is 10.1. The number of hydrogen-bond acceptors (Lipinski definition) is 3. The Labute approximate surface area is 110 Å². The summed E-state index contributed by atoms with van der Waals surface area (Å²) in [5.74, 6) is 0. The van der Waals surface area contributed by atoms with Crippen molar-refractivity contribution in [3.8, 4) is 0 Å². The Bertz CT molecular complexity index is 653. The Kier molecular flexibility index (Phi) is 2.80. The summed E-state index contributed by atoms with van der Waals surface area (Å²) in [5.41, 5.74) is 4.80. The summed E-state index contributed by atoms with van der Waals surface area (Å²) >= 11 is 1.66. The summed E-state index contributed by atoms with van der Waals surface area (Å²) < 4.78 is 2.06. The largest absolute Gasteiger partial charge is 0.379 e. The van der Waals surface area contributed by atoms with Gasteiger partial charge in [-0.1, -0.05) is 12.1 Å². The molecule has 1 N–H and O–H groups in total. The fourth-order valence-corrected chi connectivity index (χ4v) is 2.69. The number of nitrogens with zero attached hydrogens (tertiary/aromatic N) is 2. The van der Waals surface area contributed by atoms with Crippen LogP contribution in [0.2, 0.25) is 0 Å². The van der Waals surface area contributed by atoms with Crippen LogP contribution in [0.5, 0.6) is 0 Å². The van der Waals surface area contributed by atoms with Gasteiger partial charge in [-0.3, -0.25) is 4.40 Å². The minimum Gasteiger partial charge on any atom is -0.379 e. The van der Waals surface area contributed by atoms with Crippen molar-refractivity contribution in [3.05, 3.63) is 52.8 Å². The predicted octanol–water partition coefficient (Wildman–Crippen LogP) is 3.62. The molecule has 0 aliphatic carbocycles. The van der Waals surface area contributed by atoms with Crippen LogP contribution in [-0.4, -0.2) is 9.38 Å². The Morgan fingerprint density at radius 2 is 2.22 bits per heavy atom. The van der Waals surface area contributed by atoms with E-state index in [9.17, 15) is 0 Å². The first-order chi connectivity index (χ1) is 8.72. The van der Waals surface area contributed by atoms with Gasteiger partial charge in [0.1, 0.15) is 0 Å². The molecule has 92 valence electrons. The zero-order chi connectivity index (χ0) is 12.5. The Hall–Kier alpha value is -1.81. The Morgan fingerprint density at radius 1 is 1.33 bits per heavy atom. The van der Waals surface area contributed by atoms with Gasteiger partial charge in [0, 0.05) is 23.5 Å². The molecule has 0 atom stereocenters. The molecular weight excluding hydrogens is 242 g/mol. The third-order valence-corrected chi connectivity index (χ3v) is 3.77. The molecule has 2 heterocycles. The number of rotatable bonds is 3. The summed E-state index contributed by atoms with van der Waals surface area (Å²) in [4.78, 5) is 5.61. The van der Waals surface area contributed by atoms with E-state index < -0.39 is 0 Å². The lowest BCUT2D eigenvalue weighted by Gasteiger charge is -2.08. The van der Waals surface area contributed by atoms with E-state index in [0.717, 1.165) is 17.2 Å². The van der Waals surface area contributed by atoms with Crippen molar-refractivity contribution in [1.82, 2.24) is 9.38 Å². The molecule has 0 aliphatic rings. The van der Waals surface area contributed by atoms with E-state index in [-0.39, 0.29) is 0 Å². The van der Waals surface area contributed by atoms with Gasteiger partial charge < -0.3 is 5.32 Å². The third kappa shape index (κ3) is 2.11. The first-order valence-electron chi connectivity index (χ1n) is 5.94. The number of imidazole rings is 1. The lowest BCUT2D eigenvalue weighted by Crippen LogP contribution is -2.01. The van der Waals surface area contributed by atoms with Gasteiger partial charge in [-0.2, -0.15) is 0 Å². The number of aromatic nitrogens is 2. The molecule has 0 saturated heterocycles. The number of fused-ring (bicyclic) bond motifs is 1. The van der Waals surface area contributed by atoms with Crippen LogP contribution < -0.4 is 5.32 Å². The first-order valence-corrected chi connectivity index (χ1v) is 6.82. The van der Waals surface area contributed by atoms with Crippen LogP contribution in [-0.2, 0) is 6.54 Å². The molecule has 4 heteroatoms. The fourth-order valence-electron chi connectivity index (χ4n) is 1.97. The molecule has 0 saturated carbocycles. The van der Waals surface area contributed by atoms with E-state index >= 15 is 0 Å². The van der Waals surface area contributed by atoms with Crippen molar-refractivity contribution >= 4 is 22.0 Å². The highest BCUT2D eigenvalue weighted by atomic mass is 32.1. The van der Waals surface area contributed by atoms with Crippen LogP contribution in [0.25, 0.3) is 4.96 Å². The van der Waals surface area contributed by atoms with Crippen molar-refractivity contribution in [2.75, 3.05) is 5.32 Å². The van der Waals surface area contributed by atoms with Crippen LogP contribution in [0.3, 0.4) is 0 Å². The normalized spacial score (nSPS) is 11.0. The SMILES string of the molecule is Cc1ccc(C)c(NCc2cn3ccsc3n2)c1. The Morgan fingerprint density at radius 3 is 3.06 bits per heavy atom. The molecule has 0 radical (unpaired) electrons. The molecule has 2 aromatic heterocycles. The summed E-state index contributed by atoms with van der Waals surface area (Å²) in [6.45, 7) is 4.99. The van der Waals surface area contributed by atoms with Gasteiger partial charge in [0.15, 0.2) is 4.96 Å². The molecule has 0 bridgehead atoms. The van der Waals surface area contributed by atoms with Gasteiger partial charge in [0.25, 0.3) is 0 Å². The van der Waals surface area contributed by atoms with Crippen LogP contribution >= 0.6 is 11.3 Å². The van der Waals surface area contributed by atoms with Crippen molar-refractivity contribution < 1.29 is 0 Å². The summed E-state index contributed by atoms with van der Waals surface area (Å²) in [6.07, 6.45) is 4.11. The highest BCUT2D eigenvalue weighted by molar-refractivity contribution is 7.15. The van der Waals surface area contributed by atoms with Gasteiger partial charge in [-0.05, 0) is 31.0 Å². The number of benzene rings is 1.